The van der Waals surface area contributed by atoms with Gasteiger partial charge in [-0.05, 0) is 73.3 Å². The fraction of sp³-hybridized carbons (Fsp3) is 0.281. The second-order valence-corrected chi connectivity index (χ2v) is 14.2. The molecule has 4 rings (SSSR count). The van der Waals surface area contributed by atoms with Crippen LogP contribution in [-0.4, -0.2) is 38.4 Å². The SMILES string of the molecule is CCC1(C)C(C=C=S)C(=O)N1C(C(=O)OC(C)(C)C)=P(c1ccccc1)(c1ccccc1)c1ccccc1. The van der Waals surface area contributed by atoms with Crippen LogP contribution in [0.15, 0.2) is 97.1 Å². The van der Waals surface area contributed by atoms with Gasteiger partial charge in [0, 0.05) is 6.89 Å². The van der Waals surface area contributed by atoms with Gasteiger partial charge >= 0.3 is 5.97 Å². The molecule has 3 aromatic carbocycles. The number of likely N-dealkylation sites (tertiary alicyclic amines) is 1. The molecular formula is C32H34NO3PS. The van der Waals surface area contributed by atoms with Gasteiger partial charge < -0.3 is 4.74 Å². The standard InChI is InChI=1S/C32H34NO3PS/c1-6-32(5)27(22-23-38)28(34)33(32)29(30(35)36-31(2,3)4)37(24-16-10-7-11-17-24,25-18-12-8-13-19-25)26-20-14-9-15-21-26/h7-22,27H,6H2,1-5H3. The second-order valence-electron chi connectivity index (χ2n) is 10.6. The fourth-order valence-corrected chi connectivity index (χ4v) is 9.81. The van der Waals surface area contributed by atoms with Crippen molar-refractivity contribution in [3.63, 3.8) is 0 Å². The van der Waals surface area contributed by atoms with Gasteiger partial charge in [0.2, 0.25) is 5.91 Å². The molecule has 0 bridgehead atoms. The first-order valence-corrected chi connectivity index (χ1v) is 15.0. The smallest absolute Gasteiger partial charge is 0.356 e. The molecule has 0 aromatic heterocycles. The third-order valence-corrected chi connectivity index (χ3v) is 11.5. The van der Waals surface area contributed by atoms with Crippen LogP contribution in [0.2, 0.25) is 0 Å². The van der Waals surface area contributed by atoms with E-state index < -0.39 is 29.9 Å². The highest BCUT2D eigenvalue weighted by Gasteiger charge is 2.59. The Morgan fingerprint density at radius 3 is 1.71 bits per heavy atom. The third kappa shape index (κ3) is 4.71. The summed E-state index contributed by atoms with van der Waals surface area (Å²) < 4.78 is 6.12. The maximum absolute atomic E-state index is 14.5. The molecule has 6 heteroatoms. The average Bonchev–Trinajstić information content (AvgIpc) is 2.92. The number of hydrogen-bond acceptors (Lipinski definition) is 4. The van der Waals surface area contributed by atoms with Crippen molar-refractivity contribution in [3.8, 4) is 0 Å². The predicted molar refractivity (Wildman–Crippen MR) is 162 cm³/mol. The number of thiocarbonyl (C=S) groups is 1. The van der Waals surface area contributed by atoms with Crippen LogP contribution in [0.25, 0.3) is 0 Å². The number of benzene rings is 3. The monoisotopic (exact) mass is 543 g/mol. The summed E-state index contributed by atoms with van der Waals surface area (Å²) in [7, 11) is 0. The Hall–Kier alpha value is -3.23. The Morgan fingerprint density at radius 1 is 0.947 bits per heavy atom. The molecule has 0 radical (unpaired) electrons. The van der Waals surface area contributed by atoms with Gasteiger partial charge in [-0.25, -0.2) is 4.79 Å². The quantitative estimate of drug-likeness (QED) is 0.177. The van der Waals surface area contributed by atoms with E-state index in [9.17, 15) is 9.59 Å². The topological polar surface area (TPSA) is 46.6 Å². The van der Waals surface area contributed by atoms with Gasteiger partial charge in [0.25, 0.3) is 0 Å². The molecule has 1 heterocycles. The molecule has 0 spiro atoms. The summed E-state index contributed by atoms with van der Waals surface area (Å²) in [5, 5.41) is 5.56. The van der Waals surface area contributed by atoms with E-state index in [4.69, 9.17) is 17.0 Å². The zero-order chi connectivity index (χ0) is 27.6. The van der Waals surface area contributed by atoms with Gasteiger partial charge in [-0.1, -0.05) is 97.9 Å². The normalized spacial score (nSPS) is 19.2. The highest BCUT2D eigenvalue weighted by Crippen LogP contribution is 2.52. The van der Waals surface area contributed by atoms with Crippen molar-refractivity contribution in [2.75, 3.05) is 0 Å². The van der Waals surface area contributed by atoms with Crippen molar-refractivity contribution in [1.82, 2.24) is 4.90 Å². The summed E-state index contributed by atoms with van der Waals surface area (Å²) >= 11 is 4.99. The molecule has 4 nitrogen and oxygen atoms in total. The molecule has 0 N–H and O–H groups in total. The first-order chi connectivity index (χ1) is 18.1. The van der Waals surface area contributed by atoms with Gasteiger partial charge in [0.05, 0.1) is 11.5 Å². The number of nitrogens with zero attached hydrogens (tertiary/aromatic N) is 1. The molecule has 0 saturated carbocycles. The second kappa shape index (κ2) is 10.9. The zero-order valence-corrected chi connectivity index (χ0v) is 24.3. The molecule has 1 fully saturated rings. The van der Waals surface area contributed by atoms with Crippen LogP contribution in [0.4, 0.5) is 0 Å². The lowest BCUT2D eigenvalue weighted by Crippen LogP contribution is -2.72. The van der Waals surface area contributed by atoms with E-state index in [0.717, 1.165) is 15.9 Å². The third-order valence-electron chi connectivity index (χ3n) is 7.16. The predicted octanol–water partition coefficient (Wildman–Crippen LogP) is 5.23. The number of rotatable bonds is 7. The van der Waals surface area contributed by atoms with Crippen LogP contribution in [0.1, 0.15) is 41.0 Å². The van der Waals surface area contributed by atoms with Crippen molar-refractivity contribution < 1.29 is 14.3 Å². The van der Waals surface area contributed by atoms with Gasteiger partial charge in [0.1, 0.15) is 11.0 Å². The van der Waals surface area contributed by atoms with Crippen LogP contribution < -0.4 is 15.9 Å². The van der Waals surface area contributed by atoms with E-state index in [-0.39, 0.29) is 5.91 Å². The number of β-lactam (4-membered cyclic amide) rings is 1. The average molecular weight is 544 g/mol. The minimum absolute atomic E-state index is 0.167. The molecule has 0 aliphatic carbocycles. The lowest BCUT2D eigenvalue weighted by atomic mass is 9.72. The summed E-state index contributed by atoms with van der Waals surface area (Å²) in [6, 6.07) is 30.1. The Kier molecular flexibility index (Phi) is 7.95. The van der Waals surface area contributed by atoms with Crippen molar-refractivity contribution in [2.24, 2.45) is 5.92 Å². The van der Waals surface area contributed by atoms with Crippen molar-refractivity contribution in [1.29, 1.82) is 0 Å². The van der Waals surface area contributed by atoms with Crippen LogP contribution in [-0.2, 0) is 14.3 Å². The number of esters is 1. The van der Waals surface area contributed by atoms with E-state index in [0.29, 0.717) is 11.8 Å². The first kappa shape index (κ1) is 27.8. The van der Waals surface area contributed by atoms with E-state index in [2.05, 4.69) is 41.4 Å². The van der Waals surface area contributed by atoms with E-state index in [1.165, 1.54) is 0 Å². The van der Waals surface area contributed by atoms with Crippen molar-refractivity contribution in [2.45, 2.75) is 52.2 Å². The van der Waals surface area contributed by atoms with Crippen LogP contribution >= 0.6 is 19.1 Å². The number of amides is 1. The van der Waals surface area contributed by atoms with E-state index in [1.54, 1.807) is 11.0 Å². The summed E-state index contributed by atoms with van der Waals surface area (Å²) in [5.74, 6) is -1.12. The van der Waals surface area contributed by atoms with Crippen LogP contribution in [0, 0.1) is 5.92 Å². The zero-order valence-electron chi connectivity index (χ0n) is 22.5. The number of carbonyl (C=O) groups is 2. The summed E-state index contributed by atoms with van der Waals surface area (Å²) in [5.41, 5.74) is -1.04. The minimum atomic E-state index is -2.92. The van der Waals surface area contributed by atoms with Gasteiger partial charge in [-0.15, -0.1) is 0 Å². The largest absolute Gasteiger partial charge is 0.455 e. The molecule has 1 saturated heterocycles. The van der Waals surface area contributed by atoms with Crippen molar-refractivity contribution >= 4 is 57.3 Å². The molecule has 1 aliphatic heterocycles. The molecule has 3 aromatic rings. The van der Waals surface area contributed by atoms with Gasteiger partial charge in [-0.3, -0.25) is 9.69 Å². The first-order valence-electron chi connectivity index (χ1n) is 12.8. The summed E-state index contributed by atoms with van der Waals surface area (Å²) in [6.45, 7) is 6.69. The van der Waals surface area contributed by atoms with E-state index >= 15 is 0 Å². The van der Waals surface area contributed by atoms with Gasteiger partial charge in [-0.2, -0.15) is 0 Å². The van der Waals surface area contributed by atoms with Crippen molar-refractivity contribution in [3.05, 3.63) is 97.1 Å². The van der Waals surface area contributed by atoms with Gasteiger partial charge in [0.15, 0.2) is 0 Å². The molecular weight excluding hydrogens is 509 g/mol. The fourth-order valence-electron chi connectivity index (χ4n) is 5.24. The van der Waals surface area contributed by atoms with Crippen LogP contribution in [0.5, 0.6) is 0 Å². The Morgan fingerprint density at radius 2 is 1.37 bits per heavy atom. The number of ether oxygens (including phenoxy) is 1. The van der Waals surface area contributed by atoms with E-state index in [1.807, 2.05) is 89.2 Å². The Bertz CT molecular complexity index is 1320. The molecule has 196 valence electrons. The van der Waals surface area contributed by atoms with Crippen LogP contribution in [0.3, 0.4) is 0 Å². The Balaban J connectivity index is 2.27. The molecule has 38 heavy (non-hydrogen) atoms. The Labute approximate surface area is 231 Å². The minimum Gasteiger partial charge on any atom is -0.455 e. The maximum Gasteiger partial charge on any atom is 0.356 e. The molecule has 1 aliphatic rings. The lowest BCUT2D eigenvalue weighted by Gasteiger charge is -2.56. The maximum atomic E-state index is 14.5. The molecule has 1 amide bonds. The number of carbonyl (C=O) groups excluding carboxylic acids is 2. The molecule has 2 unspecified atom stereocenters. The summed E-state index contributed by atoms with van der Waals surface area (Å²) in [6.07, 6.45) is 2.28. The number of hydrogen-bond donors (Lipinski definition) is 0. The molecule has 2 atom stereocenters. The summed E-state index contributed by atoms with van der Waals surface area (Å²) in [4.78, 5) is 30.2. The lowest BCUT2D eigenvalue weighted by molar-refractivity contribution is -0.159. The highest BCUT2D eigenvalue weighted by atomic mass is 32.1. The highest BCUT2D eigenvalue weighted by molar-refractivity contribution is 7.96.